The number of hydrogen-bond acceptors (Lipinski definition) is 7. The second-order valence-electron chi connectivity index (χ2n) is 7.67. The second-order valence-corrected chi connectivity index (χ2v) is 9.56. The Bertz CT molecular complexity index is 1240. The summed E-state index contributed by atoms with van der Waals surface area (Å²) < 4.78 is 38.2. The summed E-state index contributed by atoms with van der Waals surface area (Å²) in [5.74, 6) is 0.335. The summed E-state index contributed by atoms with van der Waals surface area (Å²) in [6.07, 6.45) is 0.976. The maximum Gasteiger partial charge on any atom is 0.322 e. The lowest BCUT2D eigenvalue weighted by Crippen LogP contribution is -2.43. The highest BCUT2D eigenvalue weighted by Gasteiger charge is 2.40. The maximum atomic E-state index is 13.1. The molecule has 0 bridgehead atoms. The van der Waals surface area contributed by atoms with Crippen LogP contribution < -0.4 is 10.1 Å². The molecule has 0 spiro atoms. The summed E-state index contributed by atoms with van der Waals surface area (Å²) in [5.41, 5.74) is 2.78. The summed E-state index contributed by atoms with van der Waals surface area (Å²) in [7, 11) is -2.34. The first-order valence-electron chi connectivity index (χ1n) is 10.2. The molecule has 1 N–H and O–H groups in total. The SMILES string of the molecule is COc1ccc(S(=O)(=O)N2CCC[C@H]2C(=O)Nc2nnc(-c3cc(C)ccc3C)o2)cc1. The molecule has 0 radical (unpaired) electrons. The van der Waals surface area contributed by atoms with Gasteiger partial charge in [0.05, 0.1) is 12.0 Å². The Balaban J connectivity index is 1.52. The summed E-state index contributed by atoms with van der Waals surface area (Å²) >= 11 is 0. The monoisotopic (exact) mass is 456 g/mol. The molecule has 168 valence electrons. The second kappa shape index (κ2) is 8.71. The number of aromatic nitrogens is 2. The van der Waals surface area contributed by atoms with E-state index in [9.17, 15) is 13.2 Å². The van der Waals surface area contributed by atoms with Crippen LogP contribution in [0.15, 0.2) is 51.8 Å². The van der Waals surface area contributed by atoms with Crippen molar-refractivity contribution in [2.24, 2.45) is 0 Å². The first kappa shape index (κ1) is 22.0. The molecular formula is C22H24N4O5S. The van der Waals surface area contributed by atoms with Crippen molar-refractivity contribution < 1.29 is 22.4 Å². The number of nitrogens with zero attached hydrogens (tertiary/aromatic N) is 3. The fourth-order valence-corrected chi connectivity index (χ4v) is 5.37. The maximum absolute atomic E-state index is 13.1. The number of methoxy groups -OCH3 is 1. The molecule has 0 aliphatic carbocycles. The van der Waals surface area contributed by atoms with Gasteiger partial charge >= 0.3 is 6.01 Å². The average Bonchev–Trinajstić information content (AvgIpc) is 3.46. The fraction of sp³-hybridized carbons (Fsp3) is 0.318. The van der Waals surface area contributed by atoms with Crippen LogP contribution in [0.5, 0.6) is 5.75 Å². The van der Waals surface area contributed by atoms with Crippen LogP contribution in [0.25, 0.3) is 11.5 Å². The number of sulfonamides is 1. The minimum atomic E-state index is -3.85. The highest BCUT2D eigenvalue weighted by molar-refractivity contribution is 7.89. The van der Waals surface area contributed by atoms with E-state index in [4.69, 9.17) is 9.15 Å². The van der Waals surface area contributed by atoms with Gasteiger partial charge in [-0.15, -0.1) is 5.10 Å². The third-order valence-electron chi connectivity index (χ3n) is 5.45. The van der Waals surface area contributed by atoms with Crippen molar-refractivity contribution in [1.82, 2.24) is 14.5 Å². The van der Waals surface area contributed by atoms with Gasteiger partial charge in [0.1, 0.15) is 11.8 Å². The summed E-state index contributed by atoms with van der Waals surface area (Å²) in [4.78, 5) is 13.0. The molecule has 0 unspecified atom stereocenters. The highest BCUT2D eigenvalue weighted by Crippen LogP contribution is 2.29. The van der Waals surface area contributed by atoms with Gasteiger partial charge in [-0.3, -0.25) is 10.1 Å². The van der Waals surface area contributed by atoms with Crippen molar-refractivity contribution in [3.05, 3.63) is 53.6 Å². The van der Waals surface area contributed by atoms with Gasteiger partial charge in [0.25, 0.3) is 0 Å². The van der Waals surface area contributed by atoms with E-state index in [2.05, 4.69) is 15.5 Å². The van der Waals surface area contributed by atoms with Crippen LogP contribution in [0.3, 0.4) is 0 Å². The number of benzene rings is 2. The van der Waals surface area contributed by atoms with E-state index in [1.165, 1.54) is 23.5 Å². The highest BCUT2D eigenvalue weighted by atomic mass is 32.2. The molecule has 2 aromatic carbocycles. The van der Waals surface area contributed by atoms with Gasteiger partial charge in [0.15, 0.2) is 0 Å². The zero-order valence-electron chi connectivity index (χ0n) is 18.0. The Morgan fingerprint density at radius 1 is 1.16 bits per heavy atom. The van der Waals surface area contributed by atoms with Crippen molar-refractivity contribution in [3.8, 4) is 17.2 Å². The summed E-state index contributed by atoms with van der Waals surface area (Å²) in [6.45, 7) is 4.14. The van der Waals surface area contributed by atoms with Gasteiger partial charge < -0.3 is 9.15 Å². The molecule has 1 amide bonds. The van der Waals surface area contributed by atoms with E-state index in [1.807, 2.05) is 32.0 Å². The van der Waals surface area contributed by atoms with Crippen LogP contribution in [-0.4, -0.2) is 48.5 Å². The molecule has 10 heteroatoms. The molecule has 3 aromatic rings. The number of carbonyl (C=O) groups is 1. The van der Waals surface area contributed by atoms with E-state index in [0.717, 1.165) is 16.7 Å². The number of hydrogen-bond donors (Lipinski definition) is 1. The quantitative estimate of drug-likeness (QED) is 0.606. The number of amides is 1. The average molecular weight is 457 g/mol. The molecule has 1 fully saturated rings. The lowest BCUT2D eigenvalue weighted by atomic mass is 10.1. The molecule has 2 heterocycles. The van der Waals surface area contributed by atoms with Crippen LogP contribution in [0.4, 0.5) is 6.01 Å². The topological polar surface area (TPSA) is 115 Å². The van der Waals surface area contributed by atoms with Crippen molar-refractivity contribution in [2.45, 2.75) is 37.6 Å². The Morgan fingerprint density at radius 3 is 2.62 bits per heavy atom. The third-order valence-corrected chi connectivity index (χ3v) is 7.37. The lowest BCUT2D eigenvalue weighted by Gasteiger charge is -2.22. The first-order valence-corrected chi connectivity index (χ1v) is 11.6. The Labute approximate surface area is 186 Å². The van der Waals surface area contributed by atoms with Crippen LogP contribution in [-0.2, 0) is 14.8 Å². The minimum Gasteiger partial charge on any atom is -0.497 e. The molecule has 0 saturated carbocycles. The van der Waals surface area contributed by atoms with Gasteiger partial charge in [0.2, 0.25) is 21.8 Å². The van der Waals surface area contributed by atoms with Gasteiger partial charge in [-0.1, -0.05) is 22.8 Å². The number of aryl methyl sites for hydroxylation is 2. The Kier molecular flexibility index (Phi) is 5.98. The number of anilines is 1. The zero-order chi connectivity index (χ0) is 22.9. The number of carbonyl (C=O) groups excluding carboxylic acids is 1. The smallest absolute Gasteiger partial charge is 0.322 e. The summed E-state index contributed by atoms with van der Waals surface area (Å²) in [6, 6.07) is 11.0. The van der Waals surface area contributed by atoms with E-state index in [1.54, 1.807) is 12.1 Å². The summed E-state index contributed by atoms with van der Waals surface area (Å²) in [5, 5.41) is 10.5. The number of nitrogens with one attached hydrogen (secondary N) is 1. The fourth-order valence-electron chi connectivity index (χ4n) is 3.71. The molecule has 1 aliphatic rings. The van der Waals surface area contributed by atoms with E-state index >= 15 is 0 Å². The minimum absolute atomic E-state index is 0.0698. The molecule has 4 rings (SSSR count). The predicted octanol–water partition coefficient (Wildman–Crippen LogP) is 3.15. The van der Waals surface area contributed by atoms with Gasteiger partial charge in [-0.05, 0) is 62.6 Å². The van der Waals surface area contributed by atoms with Crippen molar-refractivity contribution in [2.75, 3.05) is 19.0 Å². The number of rotatable bonds is 6. The Morgan fingerprint density at radius 2 is 1.91 bits per heavy atom. The molecule has 9 nitrogen and oxygen atoms in total. The van der Waals surface area contributed by atoms with Crippen LogP contribution in [0.2, 0.25) is 0 Å². The van der Waals surface area contributed by atoms with Crippen molar-refractivity contribution in [3.63, 3.8) is 0 Å². The van der Waals surface area contributed by atoms with Crippen LogP contribution in [0, 0.1) is 13.8 Å². The first-order chi connectivity index (χ1) is 15.3. The third kappa shape index (κ3) is 4.23. The molecule has 1 saturated heterocycles. The number of ether oxygens (including phenoxy) is 1. The zero-order valence-corrected chi connectivity index (χ0v) is 18.8. The standard InChI is InChI=1S/C22H24N4O5S/c1-14-6-7-15(2)18(13-14)21-24-25-22(31-21)23-20(27)19-5-4-12-26(19)32(28,29)17-10-8-16(30-3)9-11-17/h6-11,13,19H,4-5,12H2,1-3H3,(H,23,25,27)/t19-/m0/s1. The van der Waals surface area contributed by atoms with Crippen LogP contribution >= 0.6 is 0 Å². The molecule has 1 aliphatic heterocycles. The van der Waals surface area contributed by atoms with E-state index in [0.29, 0.717) is 18.6 Å². The van der Waals surface area contributed by atoms with Crippen molar-refractivity contribution >= 4 is 21.9 Å². The molecule has 1 atom stereocenters. The molecule has 32 heavy (non-hydrogen) atoms. The molecule has 1 aromatic heterocycles. The van der Waals surface area contributed by atoms with Crippen molar-refractivity contribution in [1.29, 1.82) is 0 Å². The van der Waals surface area contributed by atoms with E-state index in [-0.39, 0.29) is 23.3 Å². The van der Waals surface area contributed by atoms with E-state index < -0.39 is 22.0 Å². The van der Waals surface area contributed by atoms with Crippen LogP contribution in [0.1, 0.15) is 24.0 Å². The lowest BCUT2D eigenvalue weighted by molar-refractivity contribution is -0.119. The molecular weight excluding hydrogens is 432 g/mol. The van der Waals surface area contributed by atoms with Gasteiger partial charge in [0, 0.05) is 12.1 Å². The van der Waals surface area contributed by atoms with Gasteiger partial charge in [-0.25, -0.2) is 8.42 Å². The largest absolute Gasteiger partial charge is 0.497 e. The van der Waals surface area contributed by atoms with Gasteiger partial charge in [-0.2, -0.15) is 4.31 Å². The normalized spacial score (nSPS) is 16.8. The Hall–Kier alpha value is -3.24. The predicted molar refractivity (Wildman–Crippen MR) is 118 cm³/mol.